The Kier molecular flexibility index (Phi) is 10.5. The first kappa shape index (κ1) is 25.8. The van der Waals surface area contributed by atoms with Gasteiger partial charge in [-0.15, -0.1) is 24.8 Å². The van der Waals surface area contributed by atoms with E-state index in [1.807, 2.05) is 6.92 Å². The number of nitrogens with one attached hydrogen (secondary N) is 1. The third-order valence-electron chi connectivity index (χ3n) is 4.57. The molecule has 1 aromatic heterocycles. The van der Waals surface area contributed by atoms with Crippen LogP contribution in [0.4, 0.5) is 0 Å². The molecule has 0 aliphatic carbocycles. The van der Waals surface area contributed by atoms with Crippen LogP contribution in [0.5, 0.6) is 0 Å². The van der Waals surface area contributed by atoms with Crippen LogP contribution in [0.1, 0.15) is 17.3 Å². The molecule has 3 N–H and O–H groups in total. The van der Waals surface area contributed by atoms with Crippen LogP contribution < -0.4 is 10.5 Å². The van der Waals surface area contributed by atoms with Crippen molar-refractivity contribution < 1.29 is 12.9 Å². The summed E-state index contributed by atoms with van der Waals surface area (Å²) in [6.07, 6.45) is 0. The standard InChI is InChI=1S/C17H26N6O3S.2ClH/c1-14-2-4-15(5-3-14)27(24,25)19-6-7-22-8-10-23(11-9-22)13-16-20-17(12-18)26-21-16;;/h2-5,19H,6-13,18H2,1H3;2*1H. The largest absolute Gasteiger partial charge is 0.338 e. The SMILES string of the molecule is Cc1ccc(S(=O)(=O)NCCN2CCN(Cc3noc(CN)n3)CC2)cc1.Cl.Cl. The molecule has 2 aromatic rings. The van der Waals surface area contributed by atoms with Gasteiger partial charge in [0.25, 0.3) is 0 Å². The number of nitrogens with two attached hydrogens (primary N) is 1. The van der Waals surface area contributed by atoms with Gasteiger partial charge in [-0.2, -0.15) is 4.98 Å². The summed E-state index contributed by atoms with van der Waals surface area (Å²) < 4.78 is 32.3. The van der Waals surface area contributed by atoms with E-state index in [2.05, 4.69) is 24.7 Å². The lowest BCUT2D eigenvalue weighted by atomic mass is 10.2. The fraction of sp³-hybridized carbons (Fsp3) is 0.529. The molecule has 1 aliphatic heterocycles. The molecular formula is C17H28Cl2N6O3S. The van der Waals surface area contributed by atoms with Crippen LogP contribution >= 0.6 is 24.8 Å². The van der Waals surface area contributed by atoms with E-state index in [-0.39, 0.29) is 31.4 Å². The minimum atomic E-state index is -3.45. The molecule has 0 saturated carbocycles. The van der Waals surface area contributed by atoms with Gasteiger partial charge in [-0.05, 0) is 19.1 Å². The summed E-state index contributed by atoms with van der Waals surface area (Å²) in [4.78, 5) is 9.01. The van der Waals surface area contributed by atoms with Crippen molar-refractivity contribution in [2.75, 3.05) is 39.3 Å². The third kappa shape index (κ3) is 7.49. The van der Waals surface area contributed by atoms with E-state index in [9.17, 15) is 8.42 Å². The van der Waals surface area contributed by atoms with Gasteiger partial charge in [0.05, 0.1) is 18.0 Å². The highest BCUT2D eigenvalue weighted by molar-refractivity contribution is 7.89. The van der Waals surface area contributed by atoms with E-state index in [0.717, 1.165) is 31.7 Å². The van der Waals surface area contributed by atoms with Crippen LogP contribution in [0.25, 0.3) is 0 Å². The Balaban J connectivity index is 0.00000210. The van der Waals surface area contributed by atoms with Crippen LogP contribution in [0, 0.1) is 6.92 Å². The molecule has 0 radical (unpaired) electrons. The zero-order valence-corrected chi connectivity index (χ0v) is 18.7. The van der Waals surface area contributed by atoms with E-state index in [1.165, 1.54) is 0 Å². The van der Waals surface area contributed by atoms with Gasteiger partial charge in [-0.1, -0.05) is 22.9 Å². The lowest BCUT2D eigenvalue weighted by molar-refractivity contribution is 0.126. The van der Waals surface area contributed by atoms with Crippen molar-refractivity contribution in [3.05, 3.63) is 41.5 Å². The minimum absolute atomic E-state index is 0. The fourth-order valence-corrected chi connectivity index (χ4v) is 3.97. The van der Waals surface area contributed by atoms with Crippen LogP contribution in [0.15, 0.2) is 33.7 Å². The smallest absolute Gasteiger partial charge is 0.240 e. The van der Waals surface area contributed by atoms with Crippen LogP contribution in [-0.4, -0.2) is 67.6 Å². The number of nitrogens with zero attached hydrogens (tertiary/aromatic N) is 4. The zero-order chi connectivity index (χ0) is 19.3. The Bertz CT molecular complexity index is 839. The van der Waals surface area contributed by atoms with Gasteiger partial charge in [-0.25, -0.2) is 13.1 Å². The Hall–Kier alpha value is -1.27. The number of aromatic nitrogens is 2. The van der Waals surface area contributed by atoms with Gasteiger partial charge >= 0.3 is 0 Å². The Morgan fingerprint density at radius 1 is 1.10 bits per heavy atom. The van der Waals surface area contributed by atoms with Crippen molar-refractivity contribution in [3.63, 3.8) is 0 Å². The normalized spacial score (nSPS) is 15.5. The number of rotatable bonds is 8. The Morgan fingerprint density at radius 3 is 2.31 bits per heavy atom. The molecule has 164 valence electrons. The highest BCUT2D eigenvalue weighted by atomic mass is 35.5. The summed E-state index contributed by atoms with van der Waals surface area (Å²) >= 11 is 0. The first-order chi connectivity index (χ1) is 13.0. The topological polar surface area (TPSA) is 118 Å². The number of halogens is 2. The maximum atomic E-state index is 12.3. The summed E-state index contributed by atoms with van der Waals surface area (Å²) in [6, 6.07) is 6.86. The number of piperazine rings is 1. The molecule has 0 atom stereocenters. The van der Waals surface area contributed by atoms with Crippen molar-refractivity contribution >= 4 is 34.8 Å². The lowest BCUT2D eigenvalue weighted by Gasteiger charge is -2.33. The first-order valence-electron chi connectivity index (χ1n) is 8.99. The highest BCUT2D eigenvalue weighted by Gasteiger charge is 2.19. The lowest BCUT2D eigenvalue weighted by Crippen LogP contribution is -2.48. The van der Waals surface area contributed by atoms with Crippen LogP contribution in [0.2, 0.25) is 0 Å². The van der Waals surface area contributed by atoms with E-state index < -0.39 is 10.0 Å². The second-order valence-electron chi connectivity index (χ2n) is 6.64. The van der Waals surface area contributed by atoms with Gasteiger partial charge in [0, 0.05) is 39.3 Å². The number of benzene rings is 1. The quantitative estimate of drug-likeness (QED) is 0.585. The molecule has 29 heavy (non-hydrogen) atoms. The maximum Gasteiger partial charge on any atom is 0.240 e. The van der Waals surface area contributed by atoms with E-state index >= 15 is 0 Å². The molecule has 3 rings (SSSR count). The maximum absolute atomic E-state index is 12.3. The van der Waals surface area contributed by atoms with Crippen molar-refractivity contribution in [2.45, 2.75) is 24.9 Å². The Labute approximate surface area is 183 Å². The molecule has 1 fully saturated rings. The summed E-state index contributed by atoms with van der Waals surface area (Å²) in [5.74, 6) is 1.10. The molecule has 1 aromatic carbocycles. The molecule has 0 spiro atoms. The third-order valence-corrected chi connectivity index (χ3v) is 6.04. The molecule has 0 bridgehead atoms. The molecule has 1 aliphatic rings. The van der Waals surface area contributed by atoms with Gasteiger partial charge in [-0.3, -0.25) is 9.80 Å². The number of hydrogen-bond acceptors (Lipinski definition) is 8. The highest BCUT2D eigenvalue weighted by Crippen LogP contribution is 2.10. The monoisotopic (exact) mass is 466 g/mol. The van der Waals surface area contributed by atoms with E-state index in [4.69, 9.17) is 10.3 Å². The molecule has 2 heterocycles. The minimum Gasteiger partial charge on any atom is -0.338 e. The predicted molar refractivity (Wildman–Crippen MR) is 115 cm³/mol. The second kappa shape index (κ2) is 11.8. The number of hydrogen-bond donors (Lipinski definition) is 2. The van der Waals surface area contributed by atoms with E-state index in [1.54, 1.807) is 24.3 Å². The fourth-order valence-electron chi connectivity index (χ4n) is 2.95. The molecule has 12 heteroatoms. The van der Waals surface area contributed by atoms with Gasteiger partial charge in [0.1, 0.15) is 0 Å². The average Bonchev–Trinajstić information content (AvgIpc) is 3.11. The van der Waals surface area contributed by atoms with Gasteiger partial charge in [0.15, 0.2) is 5.82 Å². The van der Waals surface area contributed by atoms with Crippen molar-refractivity contribution in [1.29, 1.82) is 0 Å². The summed E-state index contributed by atoms with van der Waals surface area (Å²) in [7, 11) is -3.45. The van der Waals surface area contributed by atoms with Crippen molar-refractivity contribution in [2.24, 2.45) is 5.73 Å². The van der Waals surface area contributed by atoms with Crippen molar-refractivity contribution in [3.8, 4) is 0 Å². The summed E-state index contributed by atoms with van der Waals surface area (Å²) in [6.45, 7) is 7.37. The molecule has 0 amide bonds. The zero-order valence-electron chi connectivity index (χ0n) is 16.3. The van der Waals surface area contributed by atoms with Gasteiger partial charge in [0.2, 0.25) is 15.9 Å². The molecule has 9 nitrogen and oxygen atoms in total. The average molecular weight is 467 g/mol. The summed E-state index contributed by atoms with van der Waals surface area (Å²) in [5.41, 5.74) is 6.50. The Morgan fingerprint density at radius 2 is 1.72 bits per heavy atom. The van der Waals surface area contributed by atoms with Crippen LogP contribution in [0.3, 0.4) is 0 Å². The van der Waals surface area contributed by atoms with Gasteiger partial charge < -0.3 is 10.3 Å². The molecule has 1 saturated heterocycles. The van der Waals surface area contributed by atoms with E-state index in [0.29, 0.717) is 36.2 Å². The molecular weight excluding hydrogens is 439 g/mol. The summed E-state index contributed by atoms with van der Waals surface area (Å²) in [5, 5.41) is 3.91. The van der Waals surface area contributed by atoms with Crippen LogP contribution in [-0.2, 0) is 23.1 Å². The molecule has 0 unspecified atom stereocenters. The number of sulfonamides is 1. The second-order valence-corrected chi connectivity index (χ2v) is 8.40. The predicted octanol–water partition coefficient (Wildman–Crippen LogP) is 0.776. The first-order valence-corrected chi connectivity index (χ1v) is 10.5. The van der Waals surface area contributed by atoms with Crippen molar-refractivity contribution in [1.82, 2.24) is 24.7 Å². The number of aryl methyl sites for hydroxylation is 1.